The molecule has 1 fully saturated rings. The summed E-state index contributed by atoms with van der Waals surface area (Å²) < 4.78 is 17.4. The number of aromatic nitrogens is 1. The van der Waals surface area contributed by atoms with Gasteiger partial charge in [-0.1, -0.05) is 0 Å². The van der Waals surface area contributed by atoms with Crippen LogP contribution in [0.3, 0.4) is 0 Å². The summed E-state index contributed by atoms with van der Waals surface area (Å²) >= 11 is 0. The minimum Gasteiger partial charge on any atom is -0.448 e. The summed E-state index contributed by atoms with van der Waals surface area (Å²) in [5, 5.41) is 3.26. The molecule has 0 unspecified atom stereocenters. The Balaban J connectivity index is 2.05. The smallest absolute Gasteiger partial charge is 0.197 e. The molecule has 1 aromatic heterocycles. The molecule has 2 rings (SSSR count). The van der Waals surface area contributed by atoms with E-state index in [9.17, 15) is 4.39 Å². The third-order valence-electron chi connectivity index (χ3n) is 2.39. The van der Waals surface area contributed by atoms with Gasteiger partial charge in [-0.15, -0.1) is 0 Å². The molecule has 72 valence electrons. The Morgan fingerprint density at radius 3 is 2.92 bits per heavy atom. The van der Waals surface area contributed by atoms with E-state index in [1.807, 2.05) is 0 Å². The fourth-order valence-electron chi connectivity index (χ4n) is 1.64. The molecule has 4 heteroatoms. The van der Waals surface area contributed by atoms with Crippen molar-refractivity contribution in [1.82, 2.24) is 10.3 Å². The van der Waals surface area contributed by atoms with Crippen molar-refractivity contribution < 1.29 is 8.81 Å². The molecule has 0 aromatic carbocycles. The standard InChI is InChI=1S/C9H13FN2O/c10-5-8-6-13-9(12-8)7-1-3-11-4-2-7/h6-7,11H,1-5H2. The quantitative estimate of drug-likeness (QED) is 0.758. The van der Waals surface area contributed by atoms with E-state index in [4.69, 9.17) is 4.42 Å². The lowest BCUT2D eigenvalue weighted by atomic mass is 9.98. The average molecular weight is 184 g/mol. The van der Waals surface area contributed by atoms with Crippen LogP contribution >= 0.6 is 0 Å². The molecular formula is C9H13FN2O. The second-order valence-corrected chi connectivity index (χ2v) is 3.33. The minimum absolute atomic E-state index is 0.376. The highest BCUT2D eigenvalue weighted by Crippen LogP contribution is 2.24. The molecule has 1 aromatic rings. The van der Waals surface area contributed by atoms with E-state index in [0.717, 1.165) is 25.9 Å². The summed E-state index contributed by atoms with van der Waals surface area (Å²) in [7, 11) is 0. The molecule has 2 heterocycles. The number of hydrogen-bond acceptors (Lipinski definition) is 3. The fraction of sp³-hybridized carbons (Fsp3) is 0.667. The van der Waals surface area contributed by atoms with Gasteiger partial charge in [0.15, 0.2) is 5.89 Å². The van der Waals surface area contributed by atoms with Crippen LogP contribution in [0.15, 0.2) is 10.7 Å². The van der Waals surface area contributed by atoms with Crippen molar-refractivity contribution >= 4 is 0 Å². The molecule has 1 aliphatic rings. The highest BCUT2D eigenvalue weighted by atomic mass is 19.1. The van der Waals surface area contributed by atoms with Crippen LogP contribution in [0, 0.1) is 0 Å². The SMILES string of the molecule is FCc1coc(C2CCNCC2)n1. The number of oxazole rings is 1. The summed E-state index contributed by atoms with van der Waals surface area (Å²) in [6, 6.07) is 0. The normalized spacial score (nSPS) is 19.2. The Morgan fingerprint density at radius 1 is 1.54 bits per heavy atom. The zero-order chi connectivity index (χ0) is 9.10. The Kier molecular flexibility index (Phi) is 2.59. The summed E-state index contributed by atoms with van der Waals surface area (Å²) in [5.41, 5.74) is 0.411. The number of nitrogens with zero attached hydrogens (tertiary/aromatic N) is 1. The van der Waals surface area contributed by atoms with Gasteiger partial charge in [0.05, 0.1) is 0 Å². The second kappa shape index (κ2) is 3.87. The number of hydrogen-bond donors (Lipinski definition) is 1. The van der Waals surface area contributed by atoms with Crippen molar-refractivity contribution in [2.75, 3.05) is 13.1 Å². The number of halogens is 1. The molecule has 0 spiro atoms. The predicted molar refractivity (Wildman–Crippen MR) is 46.2 cm³/mol. The molecule has 3 nitrogen and oxygen atoms in total. The van der Waals surface area contributed by atoms with Gasteiger partial charge in [-0.2, -0.15) is 0 Å². The highest BCUT2D eigenvalue weighted by molar-refractivity contribution is 5.01. The Labute approximate surface area is 76.3 Å². The first kappa shape index (κ1) is 8.69. The van der Waals surface area contributed by atoms with Gasteiger partial charge in [0, 0.05) is 5.92 Å². The summed E-state index contributed by atoms with van der Waals surface area (Å²) in [6.07, 6.45) is 3.48. The topological polar surface area (TPSA) is 38.1 Å². The molecule has 0 atom stereocenters. The Morgan fingerprint density at radius 2 is 2.31 bits per heavy atom. The van der Waals surface area contributed by atoms with Gasteiger partial charge >= 0.3 is 0 Å². The third-order valence-corrected chi connectivity index (χ3v) is 2.39. The molecule has 13 heavy (non-hydrogen) atoms. The summed E-state index contributed by atoms with van der Waals surface area (Å²) in [6.45, 7) is 1.46. The van der Waals surface area contributed by atoms with E-state index < -0.39 is 6.67 Å². The molecule has 0 saturated carbocycles. The van der Waals surface area contributed by atoms with E-state index in [0.29, 0.717) is 17.5 Å². The van der Waals surface area contributed by atoms with E-state index in [-0.39, 0.29) is 0 Å². The van der Waals surface area contributed by atoms with Gasteiger partial charge in [-0.3, -0.25) is 0 Å². The van der Waals surface area contributed by atoms with Gasteiger partial charge in [-0.05, 0) is 25.9 Å². The number of nitrogens with one attached hydrogen (secondary N) is 1. The lowest BCUT2D eigenvalue weighted by Gasteiger charge is -2.19. The monoisotopic (exact) mass is 184 g/mol. The highest BCUT2D eigenvalue weighted by Gasteiger charge is 2.19. The Hall–Kier alpha value is -0.900. The van der Waals surface area contributed by atoms with Crippen LogP contribution in [0.1, 0.15) is 30.3 Å². The van der Waals surface area contributed by atoms with Crippen LogP contribution in [-0.4, -0.2) is 18.1 Å². The van der Waals surface area contributed by atoms with E-state index in [2.05, 4.69) is 10.3 Å². The zero-order valence-corrected chi connectivity index (χ0v) is 7.42. The lowest BCUT2D eigenvalue weighted by molar-refractivity contribution is 0.374. The van der Waals surface area contributed by atoms with Crippen LogP contribution in [0.25, 0.3) is 0 Å². The van der Waals surface area contributed by atoms with Crippen molar-refractivity contribution in [1.29, 1.82) is 0 Å². The minimum atomic E-state index is -0.533. The first-order valence-electron chi connectivity index (χ1n) is 4.61. The van der Waals surface area contributed by atoms with Crippen LogP contribution in [0.5, 0.6) is 0 Å². The number of alkyl halides is 1. The van der Waals surface area contributed by atoms with Crippen LogP contribution in [0.2, 0.25) is 0 Å². The first-order valence-corrected chi connectivity index (χ1v) is 4.61. The largest absolute Gasteiger partial charge is 0.448 e. The van der Waals surface area contributed by atoms with Crippen molar-refractivity contribution in [3.63, 3.8) is 0 Å². The maximum absolute atomic E-state index is 12.2. The van der Waals surface area contributed by atoms with E-state index in [1.165, 1.54) is 6.26 Å². The van der Waals surface area contributed by atoms with Gasteiger partial charge < -0.3 is 9.73 Å². The van der Waals surface area contributed by atoms with Crippen LogP contribution in [0.4, 0.5) is 4.39 Å². The molecule has 0 bridgehead atoms. The molecule has 1 saturated heterocycles. The van der Waals surface area contributed by atoms with Gasteiger partial charge in [0.25, 0.3) is 0 Å². The van der Waals surface area contributed by atoms with Gasteiger partial charge in [0.1, 0.15) is 18.6 Å². The molecule has 1 aliphatic heterocycles. The molecule has 1 N–H and O–H groups in total. The third kappa shape index (κ3) is 1.88. The van der Waals surface area contributed by atoms with Crippen molar-refractivity contribution in [2.45, 2.75) is 25.4 Å². The van der Waals surface area contributed by atoms with Crippen molar-refractivity contribution in [3.8, 4) is 0 Å². The Bertz CT molecular complexity index is 268. The molecule has 0 radical (unpaired) electrons. The molecular weight excluding hydrogens is 171 g/mol. The average Bonchev–Trinajstić information content (AvgIpc) is 2.67. The van der Waals surface area contributed by atoms with Crippen LogP contribution in [-0.2, 0) is 6.67 Å². The summed E-state index contributed by atoms with van der Waals surface area (Å²) in [4.78, 5) is 4.08. The van der Waals surface area contributed by atoms with Crippen LogP contribution < -0.4 is 5.32 Å². The summed E-state index contributed by atoms with van der Waals surface area (Å²) in [5.74, 6) is 1.08. The molecule has 0 amide bonds. The van der Waals surface area contributed by atoms with Gasteiger partial charge in [0.2, 0.25) is 0 Å². The number of piperidine rings is 1. The number of rotatable bonds is 2. The second-order valence-electron chi connectivity index (χ2n) is 3.33. The zero-order valence-electron chi connectivity index (χ0n) is 7.42. The molecule has 0 aliphatic carbocycles. The van der Waals surface area contributed by atoms with E-state index in [1.54, 1.807) is 0 Å². The maximum atomic E-state index is 12.2. The van der Waals surface area contributed by atoms with Crippen molar-refractivity contribution in [3.05, 3.63) is 17.8 Å². The fourth-order valence-corrected chi connectivity index (χ4v) is 1.64. The lowest BCUT2D eigenvalue weighted by Crippen LogP contribution is -2.26. The predicted octanol–water partition coefficient (Wildman–Crippen LogP) is 1.61. The van der Waals surface area contributed by atoms with E-state index >= 15 is 0 Å². The van der Waals surface area contributed by atoms with Crippen molar-refractivity contribution in [2.24, 2.45) is 0 Å². The van der Waals surface area contributed by atoms with Gasteiger partial charge in [-0.25, -0.2) is 9.37 Å². The first-order chi connectivity index (χ1) is 6.40. The maximum Gasteiger partial charge on any atom is 0.197 e.